The Morgan fingerprint density at radius 1 is 0.526 bits per heavy atom. The van der Waals surface area contributed by atoms with Gasteiger partial charge in [0, 0.05) is 6.42 Å². The van der Waals surface area contributed by atoms with Gasteiger partial charge >= 0.3 is 5.97 Å². The average Bonchev–Trinajstić information content (AvgIpc) is 3.20. The summed E-state index contributed by atoms with van der Waals surface area (Å²) in [4.78, 5) is 26.0. The number of esters is 1. The van der Waals surface area contributed by atoms with Crippen molar-refractivity contribution in [3.63, 3.8) is 0 Å². The molecular formula is C51H95NO5. The van der Waals surface area contributed by atoms with Crippen LogP contribution in [0.4, 0.5) is 0 Å². The van der Waals surface area contributed by atoms with Crippen molar-refractivity contribution < 1.29 is 24.5 Å². The van der Waals surface area contributed by atoms with Crippen LogP contribution in [0, 0.1) is 0 Å². The average molecular weight is 802 g/mol. The maximum atomic E-state index is 13.1. The van der Waals surface area contributed by atoms with Crippen LogP contribution in [0.25, 0.3) is 0 Å². The molecule has 0 aliphatic carbocycles. The third kappa shape index (κ3) is 40.6. The van der Waals surface area contributed by atoms with Crippen molar-refractivity contribution in [2.45, 2.75) is 270 Å². The molecule has 0 heterocycles. The summed E-state index contributed by atoms with van der Waals surface area (Å²) >= 11 is 0. The highest BCUT2D eigenvalue weighted by Gasteiger charge is 2.24. The summed E-state index contributed by atoms with van der Waals surface area (Å²) in [7, 11) is 0. The molecule has 0 aliphatic rings. The second-order valence-electron chi connectivity index (χ2n) is 16.8. The summed E-state index contributed by atoms with van der Waals surface area (Å²) in [5.41, 5.74) is 0. The number of rotatable bonds is 44. The fourth-order valence-electron chi connectivity index (χ4n) is 7.50. The fourth-order valence-corrected chi connectivity index (χ4v) is 7.50. The Morgan fingerprint density at radius 3 is 1.44 bits per heavy atom. The summed E-state index contributed by atoms with van der Waals surface area (Å²) in [5.74, 6) is -0.494. The summed E-state index contributed by atoms with van der Waals surface area (Å²) in [6.45, 7) is 6.36. The number of hydrogen-bond donors (Lipinski definition) is 3. The second kappa shape index (κ2) is 45.2. The Bertz CT molecular complexity index is 946. The molecule has 6 nitrogen and oxygen atoms in total. The molecule has 0 fully saturated rings. The number of nitrogens with one attached hydrogen (secondary N) is 1. The normalized spacial score (nSPS) is 13.6. The van der Waals surface area contributed by atoms with E-state index in [0.29, 0.717) is 19.3 Å². The zero-order chi connectivity index (χ0) is 41.7. The first-order chi connectivity index (χ1) is 28.0. The van der Waals surface area contributed by atoms with Gasteiger partial charge in [0.15, 0.2) is 0 Å². The molecule has 3 unspecified atom stereocenters. The first kappa shape index (κ1) is 55.1. The lowest BCUT2D eigenvalue weighted by Gasteiger charge is -2.24. The molecule has 3 N–H and O–H groups in total. The standard InChI is InChI=1S/C51H95NO5/c1-4-7-10-13-16-19-21-23-25-26-28-31-34-37-40-43-49(54)48(46-53)52-50(55)45-47(42-39-36-33-30-18-15-12-9-6-3)57-51(56)44-41-38-35-32-29-27-24-22-20-17-14-11-8-5-2/h8,11,17,20,24,27,47-49,53-54H,4-7,9-10,12-16,18-19,21-23,25-26,28-46H2,1-3H3,(H,52,55)/b11-8+,20-17+,27-24+. The number of hydrogen-bond acceptors (Lipinski definition) is 5. The van der Waals surface area contributed by atoms with Crippen molar-refractivity contribution in [3.8, 4) is 0 Å². The van der Waals surface area contributed by atoms with Gasteiger partial charge in [-0.2, -0.15) is 0 Å². The van der Waals surface area contributed by atoms with Gasteiger partial charge in [-0.1, -0.05) is 218 Å². The van der Waals surface area contributed by atoms with E-state index in [2.05, 4.69) is 62.5 Å². The van der Waals surface area contributed by atoms with E-state index >= 15 is 0 Å². The predicted molar refractivity (Wildman–Crippen MR) is 246 cm³/mol. The number of allylic oxidation sites excluding steroid dienone is 6. The lowest BCUT2D eigenvalue weighted by Crippen LogP contribution is -2.46. The van der Waals surface area contributed by atoms with Crippen LogP contribution in [-0.4, -0.2) is 46.9 Å². The quantitative estimate of drug-likeness (QED) is 0.0324. The Labute approximate surface area is 353 Å². The molecule has 0 spiro atoms. The zero-order valence-electron chi connectivity index (χ0n) is 38.0. The lowest BCUT2D eigenvalue weighted by atomic mass is 10.0. The van der Waals surface area contributed by atoms with E-state index in [1.165, 1.54) is 128 Å². The van der Waals surface area contributed by atoms with Crippen molar-refractivity contribution in [3.05, 3.63) is 36.5 Å². The summed E-state index contributed by atoms with van der Waals surface area (Å²) in [6.07, 6.45) is 52.1. The molecule has 0 aliphatic heterocycles. The highest BCUT2D eigenvalue weighted by atomic mass is 16.5. The Kier molecular flexibility index (Phi) is 43.6. The van der Waals surface area contributed by atoms with Gasteiger partial charge in [-0.25, -0.2) is 0 Å². The molecule has 1 amide bonds. The van der Waals surface area contributed by atoms with E-state index in [4.69, 9.17) is 4.74 Å². The van der Waals surface area contributed by atoms with E-state index in [0.717, 1.165) is 77.0 Å². The number of amides is 1. The number of carbonyl (C=O) groups is 2. The largest absolute Gasteiger partial charge is 0.462 e. The Balaban J connectivity index is 4.48. The fraction of sp³-hybridized carbons (Fsp3) is 0.843. The second-order valence-corrected chi connectivity index (χ2v) is 16.8. The SMILES string of the molecule is CC/C=C/C/C=C/C/C=C/CCCCCCC(=O)OC(CCCCCCCCCCC)CC(=O)NC(CO)C(O)CCCCCCCCCCCCCCCCC. The van der Waals surface area contributed by atoms with Gasteiger partial charge in [-0.05, 0) is 57.8 Å². The van der Waals surface area contributed by atoms with Crippen LogP contribution in [0.2, 0.25) is 0 Å². The number of aliphatic hydroxyl groups is 2. The minimum absolute atomic E-state index is 0.0713. The third-order valence-corrected chi connectivity index (χ3v) is 11.2. The summed E-state index contributed by atoms with van der Waals surface area (Å²) < 4.78 is 5.90. The van der Waals surface area contributed by atoms with E-state index < -0.39 is 18.2 Å². The van der Waals surface area contributed by atoms with Crippen molar-refractivity contribution in [2.75, 3.05) is 6.61 Å². The molecule has 0 radical (unpaired) electrons. The van der Waals surface area contributed by atoms with Gasteiger partial charge in [0.05, 0.1) is 25.2 Å². The molecule has 0 bridgehead atoms. The minimum Gasteiger partial charge on any atom is -0.462 e. The van der Waals surface area contributed by atoms with Crippen LogP contribution in [-0.2, 0) is 14.3 Å². The van der Waals surface area contributed by atoms with E-state index in [1.54, 1.807) is 0 Å². The van der Waals surface area contributed by atoms with Gasteiger partial charge < -0.3 is 20.3 Å². The minimum atomic E-state index is -0.787. The van der Waals surface area contributed by atoms with E-state index in [9.17, 15) is 19.8 Å². The van der Waals surface area contributed by atoms with Crippen LogP contribution < -0.4 is 5.32 Å². The van der Waals surface area contributed by atoms with Gasteiger partial charge in [0.2, 0.25) is 5.91 Å². The zero-order valence-corrected chi connectivity index (χ0v) is 38.0. The van der Waals surface area contributed by atoms with Crippen molar-refractivity contribution in [1.29, 1.82) is 0 Å². The molecule has 0 rings (SSSR count). The van der Waals surface area contributed by atoms with Crippen molar-refractivity contribution in [2.24, 2.45) is 0 Å². The third-order valence-electron chi connectivity index (χ3n) is 11.2. The topological polar surface area (TPSA) is 95.9 Å². The van der Waals surface area contributed by atoms with E-state index in [-0.39, 0.29) is 24.9 Å². The Hall–Kier alpha value is -1.92. The molecule has 0 saturated heterocycles. The van der Waals surface area contributed by atoms with Gasteiger partial charge in [0.25, 0.3) is 0 Å². The lowest BCUT2D eigenvalue weighted by molar-refractivity contribution is -0.151. The molecule has 0 aromatic carbocycles. The molecule has 57 heavy (non-hydrogen) atoms. The molecule has 0 aromatic heterocycles. The predicted octanol–water partition coefficient (Wildman–Crippen LogP) is 14.5. The molecule has 6 heteroatoms. The number of ether oxygens (including phenoxy) is 1. The van der Waals surface area contributed by atoms with Gasteiger partial charge in [0.1, 0.15) is 6.10 Å². The van der Waals surface area contributed by atoms with Crippen molar-refractivity contribution >= 4 is 11.9 Å². The number of carbonyl (C=O) groups excluding carboxylic acids is 2. The van der Waals surface area contributed by atoms with E-state index in [1.807, 2.05) is 0 Å². The smallest absolute Gasteiger partial charge is 0.306 e. The maximum absolute atomic E-state index is 13.1. The summed E-state index contributed by atoms with van der Waals surface area (Å²) in [6, 6.07) is -0.701. The number of aliphatic hydroxyl groups excluding tert-OH is 2. The van der Waals surface area contributed by atoms with Crippen LogP contribution in [0.3, 0.4) is 0 Å². The molecular weight excluding hydrogens is 707 g/mol. The number of unbranched alkanes of at least 4 members (excludes halogenated alkanes) is 26. The van der Waals surface area contributed by atoms with Crippen molar-refractivity contribution in [1.82, 2.24) is 5.32 Å². The first-order valence-electron chi connectivity index (χ1n) is 24.7. The highest BCUT2D eigenvalue weighted by Crippen LogP contribution is 2.18. The van der Waals surface area contributed by atoms with Crippen LogP contribution in [0.15, 0.2) is 36.5 Å². The first-order valence-corrected chi connectivity index (χ1v) is 24.7. The summed E-state index contributed by atoms with van der Waals surface area (Å²) in [5, 5.41) is 23.7. The molecule has 0 saturated carbocycles. The van der Waals surface area contributed by atoms with Crippen LogP contribution in [0.5, 0.6) is 0 Å². The highest BCUT2D eigenvalue weighted by molar-refractivity contribution is 5.77. The maximum Gasteiger partial charge on any atom is 0.306 e. The van der Waals surface area contributed by atoms with Gasteiger partial charge in [-0.15, -0.1) is 0 Å². The van der Waals surface area contributed by atoms with Gasteiger partial charge in [-0.3, -0.25) is 9.59 Å². The monoisotopic (exact) mass is 802 g/mol. The van der Waals surface area contributed by atoms with Crippen LogP contribution in [0.1, 0.15) is 252 Å². The van der Waals surface area contributed by atoms with Crippen LogP contribution >= 0.6 is 0 Å². The molecule has 0 aromatic rings. The molecule has 3 atom stereocenters. The molecule has 334 valence electrons. The Morgan fingerprint density at radius 2 is 0.947 bits per heavy atom.